The molecule has 3 aromatic rings. The lowest BCUT2D eigenvalue weighted by molar-refractivity contribution is 0.415. The molecule has 0 spiro atoms. The molecule has 1 heterocycles. The summed E-state index contributed by atoms with van der Waals surface area (Å²) in [6.07, 6.45) is 3.76. The Kier molecular flexibility index (Phi) is 3.25. The van der Waals surface area contributed by atoms with Crippen LogP contribution in [0.25, 0.3) is 22.5 Å². The van der Waals surface area contributed by atoms with Gasteiger partial charge in [0.25, 0.3) is 0 Å². The molecule has 0 aliphatic carbocycles. The Morgan fingerprint density at radius 3 is 2.45 bits per heavy atom. The molecule has 0 fully saturated rings. The van der Waals surface area contributed by atoms with Crippen LogP contribution in [0.4, 0.5) is 0 Å². The molecule has 2 aromatic carbocycles. The number of aryl methyl sites for hydroxylation is 1. The number of aromatic nitrogens is 2. The van der Waals surface area contributed by atoms with E-state index in [1.165, 1.54) is 5.56 Å². The van der Waals surface area contributed by atoms with Crippen molar-refractivity contribution in [3.05, 3.63) is 60.9 Å². The molecule has 100 valence electrons. The van der Waals surface area contributed by atoms with E-state index in [9.17, 15) is 0 Å². The quantitative estimate of drug-likeness (QED) is 0.720. The van der Waals surface area contributed by atoms with E-state index in [2.05, 4.69) is 23.2 Å². The first-order valence-electron chi connectivity index (χ1n) is 6.51. The highest BCUT2D eigenvalue weighted by Crippen LogP contribution is 2.33. The van der Waals surface area contributed by atoms with E-state index < -0.39 is 0 Å². The largest absolute Gasteiger partial charge is 0.497 e. The molecule has 0 unspecified atom stereocenters. The molecular formula is C17H16N2O. The predicted octanol–water partition coefficient (Wildman–Crippen LogP) is 3.76. The Bertz CT molecular complexity index is 717. The number of nitrogens with zero attached hydrogens (tertiary/aromatic N) is 2. The second-order valence-electron chi connectivity index (χ2n) is 4.64. The maximum atomic E-state index is 5.35. The summed E-state index contributed by atoms with van der Waals surface area (Å²) in [5.74, 6) is 1.77. The summed E-state index contributed by atoms with van der Waals surface area (Å²) in [4.78, 5) is 4.45. The fraction of sp³-hybridized carbons (Fsp3) is 0.118. The molecule has 1 aromatic heterocycles. The summed E-state index contributed by atoms with van der Waals surface area (Å²) in [6, 6.07) is 16.4. The van der Waals surface area contributed by atoms with Crippen LogP contribution in [-0.4, -0.2) is 16.7 Å². The van der Waals surface area contributed by atoms with Crippen LogP contribution in [0.3, 0.4) is 0 Å². The summed E-state index contributed by atoms with van der Waals surface area (Å²) < 4.78 is 7.36. The number of hydrogen-bond donors (Lipinski definition) is 0. The molecule has 0 atom stereocenters. The van der Waals surface area contributed by atoms with E-state index in [0.29, 0.717) is 0 Å². The van der Waals surface area contributed by atoms with Gasteiger partial charge in [0.15, 0.2) is 0 Å². The molecular weight excluding hydrogens is 248 g/mol. The number of rotatable bonds is 3. The molecule has 3 nitrogen and oxygen atoms in total. The fourth-order valence-electron chi connectivity index (χ4n) is 2.33. The summed E-state index contributed by atoms with van der Waals surface area (Å²) >= 11 is 0. The van der Waals surface area contributed by atoms with Crippen LogP contribution in [0.15, 0.2) is 60.9 Å². The molecule has 0 N–H and O–H groups in total. The van der Waals surface area contributed by atoms with E-state index >= 15 is 0 Å². The van der Waals surface area contributed by atoms with Gasteiger partial charge in [0.1, 0.15) is 11.6 Å². The average molecular weight is 264 g/mol. The minimum absolute atomic E-state index is 0.836. The number of imidazole rings is 1. The number of ether oxygens (including phenoxy) is 1. The molecule has 0 amide bonds. The van der Waals surface area contributed by atoms with Crippen molar-refractivity contribution in [3.63, 3.8) is 0 Å². The Morgan fingerprint density at radius 1 is 1.00 bits per heavy atom. The van der Waals surface area contributed by atoms with Gasteiger partial charge in [-0.2, -0.15) is 0 Å². The Morgan fingerprint density at radius 2 is 1.80 bits per heavy atom. The highest BCUT2D eigenvalue weighted by atomic mass is 16.5. The third-order valence-electron chi connectivity index (χ3n) is 3.37. The highest BCUT2D eigenvalue weighted by Gasteiger charge is 2.12. The molecule has 0 aliphatic rings. The normalized spacial score (nSPS) is 10.5. The van der Waals surface area contributed by atoms with E-state index in [-0.39, 0.29) is 0 Å². The van der Waals surface area contributed by atoms with E-state index in [4.69, 9.17) is 4.74 Å². The Balaban J connectivity index is 2.23. The third kappa shape index (κ3) is 2.18. The molecule has 3 heteroatoms. The van der Waals surface area contributed by atoms with Crippen LogP contribution >= 0.6 is 0 Å². The van der Waals surface area contributed by atoms with Gasteiger partial charge in [-0.25, -0.2) is 4.98 Å². The van der Waals surface area contributed by atoms with Gasteiger partial charge < -0.3 is 9.30 Å². The van der Waals surface area contributed by atoms with E-state index in [0.717, 1.165) is 22.7 Å². The predicted molar refractivity (Wildman–Crippen MR) is 80.6 cm³/mol. The standard InChI is InChI=1S/C17H16N2O/c1-19-11-10-18-17(19)16-12-14(20-2)8-9-15(16)13-6-4-3-5-7-13/h3-12H,1-2H3. The lowest BCUT2D eigenvalue weighted by Crippen LogP contribution is -1.95. The van der Waals surface area contributed by atoms with Crippen molar-refractivity contribution in [3.8, 4) is 28.3 Å². The number of methoxy groups -OCH3 is 1. The van der Waals surface area contributed by atoms with Crippen molar-refractivity contribution in [1.82, 2.24) is 9.55 Å². The molecule has 0 saturated carbocycles. The van der Waals surface area contributed by atoms with Gasteiger partial charge in [-0.3, -0.25) is 0 Å². The second kappa shape index (κ2) is 5.21. The summed E-state index contributed by atoms with van der Waals surface area (Å²) in [6.45, 7) is 0. The Labute approximate surface area is 118 Å². The first-order chi connectivity index (χ1) is 9.79. The van der Waals surface area contributed by atoms with Crippen LogP contribution < -0.4 is 4.74 Å². The molecule has 0 aliphatic heterocycles. The average Bonchev–Trinajstić information content (AvgIpc) is 2.93. The van der Waals surface area contributed by atoms with Crippen molar-refractivity contribution in [2.24, 2.45) is 7.05 Å². The fourth-order valence-corrected chi connectivity index (χ4v) is 2.33. The van der Waals surface area contributed by atoms with Crippen LogP contribution in [0.1, 0.15) is 0 Å². The minimum Gasteiger partial charge on any atom is -0.497 e. The van der Waals surface area contributed by atoms with Crippen LogP contribution in [0.5, 0.6) is 5.75 Å². The zero-order valence-corrected chi connectivity index (χ0v) is 11.6. The van der Waals surface area contributed by atoms with Gasteiger partial charge in [-0.1, -0.05) is 30.3 Å². The number of benzene rings is 2. The second-order valence-corrected chi connectivity index (χ2v) is 4.64. The maximum Gasteiger partial charge on any atom is 0.140 e. The number of hydrogen-bond acceptors (Lipinski definition) is 2. The summed E-state index contributed by atoms with van der Waals surface area (Å²) in [5, 5.41) is 0. The van der Waals surface area contributed by atoms with Crippen molar-refractivity contribution >= 4 is 0 Å². The minimum atomic E-state index is 0.836. The SMILES string of the molecule is COc1ccc(-c2ccccc2)c(-c2nccn2C)c1. The molecule has 0 radical (unpaired) electrons. The zero-order chi connectivity index (χ0) is 13.9. The zero-order valence-electron chi connectivity index (χ0n) is 11.6. The monoisotopic (exact) mass is 264 g/mol. The first kappa shape index (κ1) is 12.5. The lowest BCUT2D eigenvalue weighted by atomic mass is 9.99. The molecule has 0 bridgehead atoms. The maximum absolute atomic E-state index is 5.35. The van der Waals surface area contributed by atoms with Crippen molar-refractivity contribution < 1.29 is 4.74 Å². The van der Waals surface area contributed by atoms with Crippen molar-refractivity contribution in [1.29, 1.82) is 0 Å². The molecule has 0 saturated heterocycles. The van der Waals surface area contributed by atoms with Gasteiger partial charge in [-0.15, -0.1) is 0 Å². The van der Waals surface area contributed by atoms with Crippen molar-refractivity contribution in [2.45, 2.75) is 0 Å². The van der Waals surface area contributed by atoms with Crippen LogP contribution in [-0.2, 0) is 7.05 Å². The smallest absolute Gasteiger partial charge is 0.140 e. The summed E-state index contributed by atoms with van der Waals surface area (Å²) in [7, 11) is 3.68. The molecule has 20 heavy (non-hydrogen) atoms. The van der Waals surface area contributed by atoms with Gasteiger partial charge in [0, 0.05) is 25.0 Å². The van der Waals surface area contributed by atoms with Crippen LogP contribution in [0.2, 0.25) is 0 Å². The van der Waals surface area contributed by atoms with E-state index in [1.807, 2.05) is 54.3 Å². The molecule has 3 rings (SSSR count). The third-order valence-corrected chi connectivity index (χ3v) is 3.37. The van der Waals surface area contributed by atoms with Gasteiger partial charge in [-0.05, 0) is 29.3 Å². The lowest BCUT2D eigenvalue weighted by Gasteiger charge is -2.12. The van der Waals surface area contributed by atoms with Crippen LogP contribution in [0, 0.1) is 0 Å². The Hall–Kier alpha value is -2.55. The van der Waals surface area contributed by atoms with Gasteiger partial charge in [0.2, 0.25) is 0 Å². The summed E-state index contributed by atoms with van der Waals surface area (Å²) in [5.41, 5.74) is 3.40. The van der Waals surface area contributed by atoms with Crippen molar-refractivity contribution in [2.75, 3.05) is 7.11 Å². The van der Waals surface area contributed by atoms with Gasteiger partial charge >= 0.3 is 0 Å². The van der Waals surface area contributed by atoms with E-state index in [1.54, 1.807) is 7.11 Å². The van der Waals surface area contributed by atoms with Gasteiger partial charge in [0.05, 0.1) is 7.11 Å². The topological polar surface area (TPSA) is 27.1 Å². The highest BCUT2D eigenvalue weighted by molar-refractivity contribution is 5.81. The first-order valence-corrected chi connectivity index (χ1v) is 6.51.